The fraction of sp³-hybridized carbons (Fsp3) is 0. The molecule has 0 bridgehead atoms. The fourth-order valence-electron chi connectivity index (χ4n) is 1.06. The van der Waals surface area contributed by atoms with Gasteiger partial charge in [-0.25, -0.2) is 15.0 Å². The number of nitrogens with zero attached hydrogens (tertiary/aromatic N) is 3. The molecule has 2 heterocycles. The van der Waals surface area contributed by atoms with Crippen LogP contribution in [0.2, 0.25) is 0 Å². The molecule has 0 aliphatic heterocycles. The van der Waals surface area contributed by atoms with Gasteiger partial charge in [-0.3, -0.25) is 0 Å². The van der Waals surface area contributed by atoms with Crippen molar-refractivity contribution in [3.63, 3.8) is 0 Å². The van der Waals surface area contributed by atoms with Gasteiger partial charge in [-0.1, -0.05) is 0 Å². The number of rotatable bonds is 1. The lowest BCUT2D eigenvalue weighted by Gasteiger charge is -1.98. The van der Waals surface area contributed by atoms with Crippen LogP contribution >= 0.6 is 41.5 Å². The van der Waals surface area contributed by atoms with Crippen molar-refractivity contribution in [1.82, 2.24) is 15.0 Å². The third kappa shape index (κ3) is 2.84. The summed E-state index contributed by atoms with van der Waals surface area (Å²) in [6, 6.07) is 1.79. The Morgan fingerprint density at radius 3 is 3.00 bits per heavy atom. The first kappa shape index (κ1) is 11.6. The molecule has 2 aromatic rings. The highest BCUT2D eigenvalue weighted by Gasteiger charge is 2.05. The molecule has 0 saturated carbocycles. The summed E-state index contributed by atoms with van der Waals surface area (Å²) < 4.78 is 0. The number of nitrogen functional groups attached to an aromatic ring is 1. The van der Waals surface area contributed by atoms with E-state index in [0.717, 1.165) is 5.01 Å². The van der Waals surface area contributed by atoms with E-state index in [1.165, 1.54) is 20.3 Å². The second-order valence-corrected chi connectivity index (χ2v) is 5.21. The van der Waals surface area contributed by atoms with E-state index in [1.807, 2.05) is 5.38 Å². The summed E-state index contributed by atoms with van der Waals surface area (Å²) in [4.78, 5) is 12.3. The number of nitrogens with two attached hydrogens (primary N) is 1. The molecule has 0 aromatic carbocycles. The molecule has 4 nitrogen and oxygen atoms in total. The average molecular weight is 360 g/mol. The maximum atomic E-state index is 5.62. The van der Waals surface area contributed by atoms with Gasteiger partial charge in [0, 0.05) is 38.8 Å². The lowest BCUT2D eigenvalue weighted by atomic mass is 10.3. The Kier molecular flexibility index (Phi) is 3.98. The van der Waals surface area contributed by atoms with Crippen molar-refractivity contribution in [3.8, 4) is 21.9 Å². The van der Waals surface area contributed by atoms with Gasteiger partial charge in [0.15, 0.2) is 0 Å². The van der Waals surface area contributed by atoms with Crippen molar-refractivity contribution in [2.24, 2.45) is 0 Å². The van der Waals surface area contributed by atoms with Crippen LogP contribution < -0.4 is 5.73 Å². The Hall–Kier alpha value is -0.850. The molecular formula is C9H5IN4S2. The van der Waals surface area contributed by atoms with Crippen LogP contribution in [0, 0.1) is 11.2 Å². The monoisotopic (exact) mass is 360 g/mol. The molecule has 0 amide bonds. The van der Waals surface area contributed by atoms with Crippen molar-refractivity contribution in [1.29, 1.82) is 0 Å². The van der Waals surface area contributed by atoms with Gasteiger partial charge < -0.3 is 5.73 Å². The Morgan fingerprint density at radius 1 is 1.44 bits per heavy atom. The third-order valence-electron chi connectivity index (χ3n) is 1.61. The van der Waals surface area contributed by atoms with Crippen LogP contribution in [0.5, 0.6) is 0 Å². The standard InChI is InChI=1S/C9H5IN4S2/c10-16-3-1-6-5-7(14-9(11)13-6)8-12-2-4-15-8/h2,4-5H,(H2,11,13,14). The van der Waals surface area contributed by atoms with Crippen LogP contribution in [-0.2, 0) is 0 Å². The lowest BCUT2D eigenvalue weighted by Crippen LogP contribution is -1.98. The molecular weight excluding hydrogens is 355 g/mol. The largest absolute Gasteiger partial charge is 0.368 e. The zero-order chi connectivity index (χ0) is 11.4. The summed E-state index contributed by atoms with van der Waals surface area (Å²) in [5, 5.41) is 5.56. The summed E-state index contributed by atoms with van der Waals surface area (Å²) in [6.07, 6.45) is 1.73. The molecule has 0 spiro atoms. The van der Waals surface area contributed by atoms with Crippen LogP contribution in [-0.4, -0.2) is 15.0 Å². The summed E-state index contributed by atoms with van der Waals surface area (Å²) in [5.74, 6) is 3.11. The van der Waals surface area contributed by atoms with Crippen LogP contribution in [0.1, 0.15) is 5.69 Å². The van der Waals surface area contributed by atoms with E-state index in [2.05, 4.69) is 47.3 Å². The van der Waals surface area contributed by atoms with Gasteiger partial charge >= 0.3 is 0 Å². The quantitative estimate of drug-likeness (QED) is 0.626. The minimum atomic E-state index is 0.218. The third-order valence-corrected chi connectivity index (χ3v) is 3.25. The highest BCUT2D eigenvalue weighted by molar-refractivity contribution is 14.2. The lowest BCUT2D eigenvalue weighted by molar-refractivity contribution is 1.16. The molecule has 2 N–H and O–H groups in total. The SMILES string of the molecule is Nc1nc(C#CSI)cc(-c2nccs2)n1. The first-order chi connectivity index (χ1) is 7.79. The molecule has 0 fully saturated rings. The molecule has 0 aliphatic rings. The van der Waals surface area contributed by atoms with Crippen LogP contribution in [0.15, 0.2) is 17.6 Å². The van der Waals surface area contributed by atoms with E-state index >= 15 is 0 Å². The van der Waals surface area contributed by atoms with Crippen molar-refractivity contribution >= 4 is 47.4 Å². The Morgan fingerprint density at radius 2 is 2.31 bits per heavy atom. The number of aromatic nitrogens is 3. The Labute approximate surface area is 113 Å². The molecule has 16 heavy (non-hydrogen) atoms. The predicted molar refractivity (Wildman–Crippen MR) is 76.0 cm³/mol. The van der Waals surface area contributed by atoms with E-state index in [4.69, 9.17) is 5.73 Å². The molecule has 0 saturated heterocycles. The topological polar surface area (TPSA) is 64.7 Å². The molecule has 0 radical (unpaired) electrons. The zero-order valence-electron chi connectivity index (χ0n) is 7.85. The second kappa shape index (κ2) is 5.47. The molecule has 0 unspecified atom stereocenters. The van der Waals surface area contributed by atoms with Gasteiger partial charge in [-0.05, 0) is 20.1 Å². The molecule has 2 aromatic heterocycles. The van der Waals surface area contributed by atoms with Crippen molar-refractivity contribution in [3.05, 3.63) is 23.3 Å². The number of anilines is 1. The van der Waals surface area contributed by atoms with Crippen molar-refractivity contribution < 1.29 is 0 Å². The molecule has 0 atom stereocenters. The minimum absolute atomic E-state index is 0.218. The number of hydrogen-bond donors (Lipinski definition) is 1. The highest BCUT2D eigenvalue weighted by atomic mass is 127. The maximum Gasteiger partial charge on any atom is 0.221 e. The fourth-order valence-corrected chi connectivity index (χ4v) is 2.13. The molecule has 7 heteroatoms. The van der Waals surface area contributed by atoms with Gasteiger partial charge in [0.25, 0.3) is 0 Å². The van der Waals surface area contributed by atoms with Crippen LogP contribution in [0.4, 0.5) is 5.95 Å². The summed E-state index contributed by atoms with van der Waals surface area (Å²) in [6.45, 7) is 0. The van der Waals surface area contributed by atoms with Gasteiger partial charge in [0.05, 0.1) is 0 Å². The summed E-state index contributed by atoms with van der Waals surface area (Å²) in [5.41, 5.74) is 6.94. The Balaban J connectivity index is 2.44. The van der Waals surface area contributed by atoms with E-state index in [-0.39, 0.29) is 5.95 Å². The van der Waals surface area contributed by atoms with Crippen molar-refractivity contribution in [2.45, 2.75) is 0 Å². The Bertz CT molecular complexity index is 544. The van der Waals surface area contributed by atoms with E-state index in [9.17, 15) is 0 Å². The van der Waals surface area contributed by atoms with E-state index < -0.39 is 0 Å². The number of halogens is 1. The van der Waals surface area contributed by atoms with Crippen molar-refractivity contribution in [2.75, 3.05) is 5.73 Å². The summed E-state index contributed by atoms with van der Waals surface area (Å²) >= 11 is 3.61. The zero-order valence-corrected chi connectivity index (χ0v) is 11.6. The van der Waals surface area contributed by atoms with Crippen LogP contribution in [0.3, 0.4) is 0 Å². The minimum Gasteiger partial charge on any atom is -0.368 e. The first-order valence-electron chi connectivity index (χ1n) is 4.12. The van der Waals surface area contributed by atoms with Gasteiger partial charge in [-0.2, -0.15) is 0 Å². The van der Waals surface area contributed by atoms with E-state index in [1.54, 1.807) is 12.3 Å². The molecule has 0 aliphatic carbocycles. The molecule has 80 valence electrons. The smallest absolute Gasteiger partial charge is 0.221 e. The molecule has 2 rings (SSSR count). The summed E-state index contributed by atoms with van der Waals surface area (Å²) in [7, 11) is 1.40. The van der Waals surface area contributed by atoms with Gasteiger partial charge in [0.2, 0.25) is 5.95 Å². The predicted octanol–water partition coefficient (Wildman–Crippen LogP) is 2.57. The maximum absolute atomic E-state index is 5.62. The van der Waals surface area contributed by atoms with Gasteiger partial charge in [0.1, 0.15) is 16.4 Å². The average Bonchev–Trinajstić information content (AvgIpc) is 2.79. The normalized spacial score (nSPS) is 9.56. The van der Waals surface area contributed by atoms with E-state index in [0.29, 0.717) is 11.4 Å². The first-order valence-corrected chi connectivity index (χ1v) is 8.36. The highest BCUT2D eigenvalue weighted by Crippen LogP contribution is 2.20. The number of hydrogen-bond acceptors (Lipinski definition) is 6. The number of thiazole rings is 1. The van der Waals surface area contributed by atoms with Crippen LogP contribution in [0.25, 0.3) is 10.7 Å². The second-order valence-electron chi connectivity index (χ2n) is 2.64. The van der Waals surface area contributed by atoms with Gasteiger partial charge in [-0.15, -0.1) is 11.3 Å².